The van der Waals surface area contributed by atoms with Crippen LogP contribution in [0.15, 0.2) is 78.4 Å². The SMILES string of the molecule is N#C/C(=C/c1ccc(OCC(=O)Nc2ccc(F)cc2)cc1)C(=O)Nc1cccc(Cl)c1. The van der Waals surface area contributed by atoms with Crippen molar-refractivity contribution < 1.29 is 18.7 Å². The molecule has 3 aromatic rings. The van der Waals surface area contributed by atoms with E-state index in [1.807, 2.05) is 6.07 Å². The van der Waals surface area contributed by atoms with Gasteiger partial charge in [0.2, 0.25) is 0 Å². The lowest BCUT2D eigenvalue weighted by molar-refractivity contribution is -0.118. The highest BCUT2D eigenvalue weighted by molar-refractivity contribution is 6.31. The average Bonchev–Trinajstić information content (AvgIpc) is 2.78. The minimum Gasteiger partial charge on any atom is -0.484 e. The predicted molar refractivity (Wildman–Crippen MR) is 121 cm³/mol. The second-order valence-electron chi connectivity index (χ2n) is 6.55. The number of ether oxygens (including phenoxy) is 1. The summed E-state index contributed by atoms with van der Waals surface area (Å²) in [7, 11) is 0. The first-order chi connectivity index (χ1) is 15.4. The summed E-state index contributed by atoms with van der Waals surface area (Å²) >= 11 is 5.90. The Balaban J connectivity index is 1.57. The molecule has 0 saturated carbocycles. The van der Waals surface area contributed by atoms with Crippen molar-refractivity contribution in [2.75, 3.05) is 17.2 Å². The fourth-order valence-corrected chi connectivity index (χ4v) is 2.81. The second kappa shape index (κ2) is 10.8. The molecule has 0 aliphatic carbocycles. The Bertz CT molecular complexity index is 1190. The number of anilines is 2. The third kappa shape index (κ3) is 6.69. The van der Waals surface area contributed by atoms with Crippen LogP contribution in [0, 0.1) is 17.1 Å². The quantitative estimate of drug-likeness (QED) is 0.390. The zero-order chi connectivity index (χ0) is 22.9. The van der Waals surface area contributed by atoms with Crippen molar-refractivity contribution in [3.05, 3.63) is 94.8 Å². The zero-order valence-corrected chi connectivity index (χ0v) is 17.4. The van der Waals surface area contributed by atoms with Crippen LogP contribution in [0.3, 0.4) is 0 Å². The van der Waals surface area contributed by atoms with Gasteiger partial charge in [-0.25, -0.2) is 4.39 Å². The Labute approximate surface area is 188 Å². The number of hydrogen-bond donors (Lipinski definition) is 2. The number of rotatable bonds is 7. The molecule has 0 atom stereocenters. The van der Waals surface area contributed by atoms with Crippen LogP contribution in [0.2, 0.25) is 5.02 Å². The molecule has 0 spiro atoms. The van der Waals surface area contributed by atoms with Gasteiger partial charge in [0.15, 0.2) is 6.61 Å². The Morgan fingerprint density at radius 2 is 1.72 bits per heavy atom. The molecule has 6 nitrogen and oxygen atoms in total. The van der Waals surface area contributed by atoms with Gasteiger partial charge >= 0.3 is 0 Å². The molecule has 0 fully saturated rings. The molecule has 0 heterocycles. The Morgan fingerprint density at radius 1 is 1.00 bits per heavy atom. The summed E-state index contributed by atoms with van der Waals surface area (Å²) in [6.07, 6.45) is 1.44. The van der Waals surface area contributed by atoms with Gasteiger partial charge < -0.3 is 15.4 Å². The van der Waals surface area contributed by atoms with Crippen molar-refractivity contribution in [2.45, 2.75) is 0 Å². The predicted octanol–water partition coefficient (Wildman–Crippen LogP) is 5.04. The first-order valence-corrected chi connectivity index (χ1v) is 9.78. The number of halogens is 2. The molecule has 3 aromatic carbocycles. The van der Waals surface area contributed by atoms with Gasteiger partial charge in [-0.1, -0.05) is 29.8 Å². The van der Waals surface area contributed by atoms with Crippen molar-refractivity contribution in [1.29, 1.82) is 5.26 Å². The van der Waals surface area contributed by atoms with Crippen LogP contribution in [0.25, 0.3) is 6.08 Å². The first-order valence-electron chi connectivity index (χ1n) is 9.40. The van der Waals surface area contributed by atoms with E-state index in [2.05, 4.69) is 10.6 Å². The summed E-state index contributed by atoms with van der Waals surface area (Å²) in [4.78, 5) is 24.3. The molecule has 2 N–H and O–H groups in total. The molecule has 3 rings (SSSR count). The zero-order valence-electron chi connectivity index (χ0n) is 16.6. The van der Waals surface area contributed by atoms with E-state index in [-0.39, 0.29) is 12.2 Å². The van der Waals surface area contributed by atoms with E-state index < -0.39 is 17.6 Å². The van der Waals surface area contributed by atoms with Crippen molar-refractivity contribution in [3.63, 3.8) is 0 Å². The topological polar surface area (TPSA) is 91.2 Å². The maximum absolute atomic E-state index is 12.9. The fraction of sp³-hybridized carbons (Fsp3) is 0.0417. The molecule has 0 unspecified atom stereocenters. The van der Waals surface area contributed by atoms with Gasteiger partial charge in [0.05, 0.1) is 0 Å². The number of nitrogens with one attached hydrogen (secondary N) is 2. The maximum atomic E-state index is 12.9. The lowest BCUT2D eigenvalue weighted by atomic mass is 10.1. The molecule has 0 aromatic heterocycles. The van der Waals surface area contributed by atoms with E-state index in [9.17, 15) is 19.2 Å². The largest absolute Gasteiger partial charge is 0.484 e. The summed E-state index contributed by atoms with van der Waals surface area (Å²) in [6.45, 7) is -0.238. The normalized spacial score (nSPS) is 10.7. The summed E-state index contributed by atoms with van der Waals surface area (Å²) in [5, 5.41) is 15.0. The summed E-state index contributed by atoms with van der Waals surface area (Å²) in [5.74, 6) is -0.925. The number of carbonyl (C=O) groups excluding carboxylic acids is 2. The van der Waals surface area contributed by atoms with E-state index in [0.717, 1.165) is 0 Å². The number of nitriles is 1. The van der Waals surface area contributed by atoms with Gasteiger partial charge in [-0.05, 0) is 66.2 Å². The van der Waals surface area contributed by atoms with Crippen molar-refractivity contribution >= 4 is 40.9 Å². The van der Waals surface area contributed by atoms with Crippen molar-refractivity contribution in [3.8, 4) is 11.8 Å². The third-order valence-corrected chi connectivity index (χ3v) is 4.37. The van der Waals surface area contributed by atoms with E-state index in [1.165, 1.54) is 30.3 Å². The molecule has 160 valence electrons. The van der Waals surface area contributed by atoms with Gasteiger partial charge in [0.1, 0.15) is 23.2 Å². The van der Waals surface area contributed by atoms with E-state index in [4.69, 9.17) is 16.3 Å². The van der Waals surface area contributed by atoms with Crippen molar-refractivity contribution in [1.82, 2.24) is 0 Å². The van der Waals surface area contributed by atoms with Gasteiger partial charge in [0, 0.05) is 16.4 Å². The van der Waals surface area contributed by atoms with Crippen LogP contribution in [0.5, 0.6) is 5.75 Å². The van der Waals surface area contributed by atoms with Crippen molar-refractivity contribution in [2.24, 2.45) is 0 Å². The minimum atomic E-state index is -0.562. The number of nitrogens with zero attached hydrogens (tertiary/aromatic N) is 1. The smallest absolute Gasteiger partial charge is 0.266 e. The molecule has 32 heavy (non-hydrogen) atoms. The Hall–Kier alpha value is -4.15. The highest BCUT2D eigenvalue weighted by Gasteiger charge is 2.10. The molecule has 8 heteroatoms. The molecule has 0 radical (unpaired) electrons. The average molecular weight is 450 g/mol. The van der Waals surface area contributed by atoms with Crippen LogP contribution < -0.4 is 15.4 Å². The van der Waals surface area contributed by atoms with Crippen LogP contribution in [0.4, 0.5) is 15.8 Å². The van der Waals surface area contributed by atoms with Crippen LogP contribution in [-0.2, 0) is 9.59 Å². The van der Waals surface area contributed by atoms with Gasteiger partial charge in [-0.3, -0.25) is 9.59 Å². The second-order valence-corrected chi connectivity index (χ2v) is 6.98. The number of hydrogen-bond acceptors (Lipinski definition) is 4. The maximum Gasteiger partial charge on any atom is 0.266 e. The van der Waals surface area contributed by atoms with E-state index in [1.54, 1.807) is 48.5 Å². The lowest BCUT2D eigenvalue weighted by Gasteiger charge is -2.08. The molecular formula is C24H17ClFN3O3. The van der Waals surface area contributed by atoms with E-state index in [0.29, 0.717) is 27.7 Å². The van der Waals surface area contributed by atoms with Crippen LogP contribution in [0.1, 0.15) is 5.56 Å². The number of carbonyl (C=O) groups is 2. The third-order valence-electron chi connectivity index (χ3n) is 4.14. The monoisotopic (exact) mass is 449 g/mol. The minimum absolute atomic E-state index is 0.0858. The highest BCUT2D eigenvalue weighted by atomic mass is 35.5. The molecule has 2 amide bonds. The van der Waals surface area contributed by atoms with Gasteiger partial charge in [-0.2, -0.15) is 5.26 Å². The van der Waals surface area contributed by atoms with Gasteiger partial charge in [0.25, 0.3) is 11.8 Å². The van der Waals surface area contributed by atoms with E-state index >= 15 is 0 Å². The molecular weight excluding hydrogens is 433 g/mol. The van der Waals surface area contributed by atoms with Crippen LogP contribution in [-0.4, -0.2) is 18.4 Å². The molecule has 0 saturated heterocycles. The highest BCUT2D eigenvalue weighted by Crippen LogP contribution is 2.18. The standard InChI is InChI=1S/C24H17ClFN3O3/c25-18-2-1-3-21(13-18)29-24(31)17(14-27)12-16-4-10-22(11-5-16)32-15-23(30)28-20-8-6-19(26)7-9-20/h1-13H,15H2,(H,28,30)(H,29,31)/b17-12-. The molecule has 0 aliphatic heterocycles. The first kappa shape index (κ1) is 22.5. The molecule has 0 bridgehead atoms. The fourth-order valence-electron chi connectivity index (χ4n) is 2.62. The van der Waals surface area contributed by atoms with Gasteiger partial charge in [-0.15, -0.1) is 0 Å². The Morgan fingerprint density at radius 3 is 2.38 bits per heavy atom. The Kier molecular flexibility index (Phi) is 7.57. The number of amides is 2. The lowest BCUT2D eigenvalue weighted by Crippen LogP contribution is -2.20. The summed E-state index contributed by atoms with van der Waals surface area (Å²) in [6, 6.07) is 20.4. The number of benzene rings is 3. The summed E-state index contributed by atoms with van der Waals surface area (Å²) < 4.78 is 18.3. The van der Waals surface area contributed by atoms with Crippen LogP contribution >= 0.6 is 11.6 Å². The summed E-state index contributed by atoms with van der Waals surface area (Å²) in [5.41, 5.74) is 1.45. The molecule has 0 aliphatic rings.